The van der Waals surface area contributed by atoms with Crippen molar-refractivity contribution < 1.29 is 4.79 Å². The van der Waals surface area contributed by atoms with E-state index in [-0.39, 0.29) is 5.91 Å². The van der Waals surface area contributed by atoms with Gasteiger partial charge in [-0.25, -0.2) is 0 Å². The summed E-state index contributed by atoms with van der Waals surface area (Å²) in [6, 6.07) is 8.80. The predicted octanol–water partition coefficient (Wildman–Crippen LogP) is 1.50. The van der Waals surface area contributed by atoms with E-state index in [1.807, 2.05) is 24.3 Å². The summed E-state index contributed by atoms with van der Waals surface area (Å²) in [5.41, 5.74) is 7.25. The maximum absolute atomic E-state index is 11.9. The highest BCUT2D eigenvalue weighted by molar-refractivity contribution is 5.88. The van der Waals surface area contributed by atoms with E-state index in [2.05, 4.69) is 17.1 Å². The zero-order chi connectivity index (χ0) is 13.5. The highest BCUT2D eigenvalue weighted by Crippen LogP contribution is 2.35. The van der Waals surface area contributed by atoms with E-state index in [1.165, 1.54) is 18.4 Å². The van der Waals surface area contributed by atoms with Gasteiger partial charge in [-0.1, -0.05) is 17.7 Å². The molecule has 1 amide bonds. The van der Waals surface area contributed by atoms with E-state index in [9.17, 15) is 4.79 Å². The molecule has 4 nitrogen and oxygen atoms in total. The molecule has 0 bridgehead atoms. The molecule has 1 aliphatic carbocycles. The maximum atomic E-state index is 11.9. The first-order valence-corrected chi connectivity index (χ1v) is 6.98. The molecule has 1 saturated carbocycles. The first-order valence-electron chi connectivity index (χ1n) is 6.98. The second-order valence-electron chi connectivity index (χ2n) is 5.89. The molecule has 1 aromatic rings. The molecule has 1 atom stereocenters. The van der Waals surface area contributed by atoms with Crippen LogP contribution in [0, 0.1) is 6.92 Å². The van der Waals surface area contributed by atoms with Crippen LogP contribution in [-0.2, 0) is 4.79 Å². The number of aryl methyl sites for hydroxylation is 1. The van der Waals surface area contributed by atoms with Gasteiger partial charge >= 0.3 is 0 Å². The van der Waals surface area contributed by atoms with Crippen molar-refractivity contribution in [3.63, 3.8) is 0 Å². The Labute approximate surface area is 114 Å². The monoisotopic (exact) mass is 259 g/mol. The van der Waals surface area contributed by atoms with Crippen LogP contribution in [-0.4, -0.2) is 35.5 Å². The molecular weight excluding hydrogens is 238 g/mol. The number of nitrogens with one attached hydrogen (secondary N) is 1. The molecule has 2 aliphatic rings. The van der Waals surface area contributed by atoms with E-state index in [1.54, 1.807) is 0 Å². The van der Waals surface area contributed by atoms with Crippen LogP contribution in [0.4, 0.5) is 5.69 Å². The number of likely N-dealkylation sites (tertiary alicyclic amines) is 1. The second kappa shape index (κ2) is 4.53. The Kier molecular flexibility index (Phi) is 2.97. The van der Waals surface area contributed by atoms with Crippen LogP contribution in [0.5, 0.6) is 0 Å². The molecule has 1 unspecified atom stereocenters. The van der Waals surface area contributed by atoms with Gasteiger partial charge in [0, 0.05) is 24.8 Å². The summed E-state index contributed by atoms with van der Waals surface area (Å²) >= 11 is 0. The number of hydrogen-bond acceptors (Lipinski definition) is 3. The fraction of sp³-hybridized carbons (Fsp3) is 0.533. The molecule has 4 heteroatoms. The van der Waals surface area contributed by atoms with Crippen LogP contribution < -0.4 is 11.1 Å². The minimum absolute atomic E-state index is 0.240. The van der Waals surface area contributed by atoms with Crippen molar-refractivity contribution in [1.82, 2.24) is 4.90 Å². The minimum atomic E-state index is -0.599. The largest absolute Gasteiger partial charge is 0.370 e. The Morgan fingerprint density at radius 1 is 1.37 bits per heavy atom. The van der Waals surface area contributed by atoms with E-state index in [0.717, 1.165) is 25.2 Å². The van der Waals surface area contributed by atoms with Crippen molar-refractivity contribution in [2.75, 3.05) is 18.4 Å². The van der Waals surface area contributed by atoms with Crippen LogP contribution in [0.25, 0.3) is 0 Å². The van der Waals surface area contributed by atoms with Crippen LogP contribution in [0.15, 0.2) is 24.3 Å². The quantitative estimate of drug-likeness (QED) is 0.861. The highest BCUT2D eigenvalue weighted by atomic mass is 16.1. The SMILES string of the molecule is Cc1ccc(NC2(C(N)=O)CCN(C3CC3)C2)cc1. The summed E-state index contributed by atoms with van der Waals surface area (Å²) in [6.45, 7) is 3.76. The molecule has 102 valence electrons. The molecule has 1 saturated heterocycles. The lowest BCUT2D eigenvalue weighted by Gasteiger charge is -2.28. The zero-order valence-corrected chi connectivity index (χ0v) is 11.4. The average molecular weight is 259 g/mol. The molecule has 0 spiro atoms. The van der Waals surface area contributed by atoms with Gasteiger partial charge in [-0.3, -0.25) is 9.69 Å². The third-order valence-electron chi connectivity index (χ3n) is 4.27. The van der Waals surface area contributed by atoms with Crippen molar-refractivity contribution in [1.29, 1.82) is 0 Å². The Bertz CT molecular complexity index is 481. The molecule has 19 heavy (non-hydrogen) atoms. The lowest BCUT2D eigenvalue weighted by atomic mass is 9.97. The van der Waals surface area contributed by atoms with Gasteiger partial charge in [0.1, 0.15) is 5.54 Å². The molecular formula is C15H21N3O. The standard InChI is InChI=1S/C15H21N3O/c1-11-2-4-12(5-3-11)17-15(14(16)19)8-9-18(10-15)13-6-7-13/h2-5,13,17H,6-10H2,1H3,(H2,16,19). The number of carbonyl (C=O) groups excluding carboxylic acids is 1. The molecule has 1 aliphatic heterocycles. The Morgan fingerprint density at radius 2 is 2.05 bits per heavy atom. The van der Waals surface area contributed by atoms with E-state index >= 15 is 0 Å². The van der Waals surface area contributed by atoms with Gasteiger partial charge < -0.3 is 11.1 Å². The molecule has 2 fully saturated rings. The van der Waals surface area contributed by atoms with Gasteiger partial charge in [-0.05, 0) is 38.3 Å². The maximum Gasteiger partial charge on any atom is 0.244 e. The minimum Gasteiger partial charge on any atom is -0.370 e. The Balaban J connectivity index is 1.77. The van der Waals surface area contributed by atoms with Crippen molar-refractivity contribution >= 4 is 11.6 Å². The van der Waals surface area contributed by atoms with Crippen LogP contribution in [0.1, 0.15) is 24.8 Å². The van der Waals surface area contributed by atoms with Gasteiger partial charge in [-0.15, -0.1) is 0 Å². The summed E-state index contributed by atoms with van der Waals surface area (Å²) < 4.78 is 0. The number of hydrogen-bond donors (Lipinski definition) is 2. The summed E-state index contributed by atoms with van der Waals surface area (Å²) in [5, 5.41) is 3.38. The zero-order valence-electron chi connectivity index (χ0n) is 11.4. The summed E-state index contributed by atoms with van der Waals surface area (Å²) in [6.07, 6.45) is 3.32. The second-order valence-corrected chi connectivity index (χ2v) is 5.89. The number of nitrogens with two attached hydrogens (primary N) is 1. The fourth-order valence-electron chi connectivity index (χ4n) is 2.87. The van der Waals surface area contributed by atoms with Crippen molar-refractivity contribution in [2.45, 2.75) is 37.8 Å². The smallest absolute Gasteiger partial charge is 0.244 e. The molecule has 0 radical (unpaired) electrons. The van der Waals surface area contributed by atoms with Gasteiger partial charge in [0.05, 0.1) is 0 Å². The van der Waals surface area contributed by atoms with Gasteiger partial charge in [0.15, 0.2) is 0 Å². The number of primary amides is 1. The summed E-state index contributed by atoms with van der Waals surface area (Å²) in [4.78, 5) is 14.3. The molecule has 1 heterocycles. The number of carbonyl (C=O) groups is 1. The first kappa shape index (κ1) is 12.5. The van der Waals surface area contributed by atoms with E-state index < -0.39 is 5.54 Å². The molecule has 0 aromatic heterocycles. The van der Waals surface area contributed by atoms with E-state index in [4.69, 9.17) is 5.73 Å². The summed E-state index contributed by atoms with van der Waals surface area (Å²) in [5.74, 6) is -0.240. The van der Waals surface area contributed by atoms with Crippen LogP contribution in [0.3, 0.4) is 0 Å². The molecule has 3 N–H and O–H groups in total. The average Bonchev–Trinajstić information content (AvgIpc) is 3.14. The predicted molar refractivity (Wildman–Crippen MR) is 75.9 cm³/mol. The van der Waals surface area contributed by atoms with Crippen molar-refractivity contribution in [2.24, 2.45) is 5.73 Å². The number of amides is 1. The third kappa shape index (κ3) is 2.45. The van der Waals surface area contributed by atoms with Crippen molar-refractivity contribution in [3.05, 3.63) is 29.8 Å². The van der Waals surface area contributed by atoms with Gasteiger partial charge in [0.25, 0.3) is 0 Å². The fourth-order valence-corrected chi connectivity index (χ4v) is 2.87. The first-order chi connectivity index (χ1) is 9.09. The van der Waals surface area contributed by atoms with E-state index in [0.29, 0.717) is 6.04 Å². The number of nitrogens with zero attached hydrogens (tertiary/aromatic N) is 1. The van der Waals surface area contributed by atoms with Gasteiger partial charge in [-0.2, -0.15) is 0 Å². The summed E-state index contributed by atoms with van der Waals surface area (Å²) in [7, 11) is 0. The molecule has 3 rings (SSSR count). The topological polar surface area (TPSA) is 58.4 Å². The van der Waals surface area contributed by atoms with Crippen LogP contribution >= 0.6 is 0 Å². The highest BCUT2D eigenvalue weighted by Gasteiger charge is 2.47. The Hall–Kier alpha value is -1.55. The van der Waals surface area contributed by atoms with Crippen molar-refractivity contribution in [3.8, 4) is 0 Å². The van der Waals surface area contributed by atoms with Gasteiger partial charge in [0.2, 0.25) is 5.91 Å². The number of rotatable bonds is 4. The third-order valence-corrected chi connectivity index (χ3v) is 4.27. The number of benzene rings is 1. The lowest BCUT2D eigenvalue weighted by molar-refractivity contribution is -0.121. The van der Waals surface area contributed by atoms with Crippen LogP contribution in [0.2, 0.25) is 0 Å². The molecule has 1 aromatic carbocycles. The normalized spacial score (nSPS) is 27.4. The number of anilines is 1. The lowest BCUT2D eigenvalue weighted by Crippen LogP contribution is -2.52. The Morgan fingerprint density at radius 3 is 2.63 bits per heavy atom.